The number of fused-ring (bicyclic) bond motifs is 1. The summed E-state index contributed by atoms with van der Waals surface area (Å²) < 4.78 is 12.1. The van der Waals surface area contributed by atoms with E-state index in [0.717, 1.165) is 19.5 Å². The van der Waals surface area contributed by atoms with Crippen LogP contribution in [0.15, 0.2) is 48.5 Å². The number of nitrogens with one attached hydrogen (secondary N) is 2. The Labute approximate surface area is 214 Å². The van der Waals surface area contributed by atoms with Crippen LogP contribution in [0.4, 0.5) is 10.5 Å². The van der Waals surface area contributed by atoms with Crippen molar-refractivity contribution in [3.63, 3.8) is 0 Å². The highest BCUT2D eigenvalue weighted by molar-refractivity contribution is 5.98. The number of nitrogens with zero attached hydrogens (tertiary/aromatic N) is 2. The normalized spacial score (nSPS) is 21.5. The van der Waals surface area contributed by atoms with Crippen LogP contribution in [0.25, 0.3) is 0 Å². The van der Waals surface area contributed by atoms with Gasteiger partial charge in [-0.1, -0.05) is 44.2 Å². The summed E-state index contributed by atoms with van der Waals surface area (Å²) in [5.41, 5.74) is 2.26. The van der Waals surface area contributed by atoms with E-state index in [0.29, 0.717) is 36.7 Å². The van der Waals surface area contributed by atoms with Crippen molar-refractivity contribution in [2.24, 2.45) is 5.92 Å². The van der Waals surface area contributed by atoms with E-state index in [9.17, 15) is 9.59 Å². The Bertz CT molecular complexity index is 1000. The van der Waals surface area contributed by atoms with Gasteiger partial charge in [0.2, 0.25) is 0 Å². The van der Waals surface area contributed by atoms with E-state index in [1.807, 2.05) is 13.0 Å². The van der Waals surface area contributed by atoms with Crippen LogP contribution in [-0.4, -0.2) is 74.3 Å². The first kappa shape index (κ1) is 27.5. The Kier molecular flexibility index (Phi) is 10.1. The number of benzene rings is 2. The van der Waals surface area contributed by atoms with Crippen LogP contribution in [0.3, 0.4) is 0 Å². The molecular weight excluding hydrogens is 456 g/mol. The fraction of sp³-hybridized carbons (Fsp3) is 0.500. The first-order valence-corrected chi connectivity index (χ1v) is 12.7. The monoisotopic (exact) mass is 496 g/mol. The minimum Gasteiger partial charge on any atom is -0.491 e. The Morgan fingerprint density at radius 1 is 1.14 bits per heavy atom. The molecule has 3 amide bonds. The van der Waals surface area contributed by atoms with E-state index >= 15 is 0 Å². The molecule has 8 heteroatoms. The second-order valence-electron chi connectivity index (χ2n) is 9.60. The average molecular weight is 497 g/mol. The Morgan fingerprint density at radius 3 is 2.58 bits per heavy atom. The van der Waals surface area contributed by atoms with E-state index in [1.165, 1.54) is 5.56 Å². The van der Waals surface area contributed by atoms with Crippen LogP contribution in [0, 0.1) is 5.92 Å². The van der Waals surface area contributed by atoms with Gasteiger partial charge in [0.05, 0.1) is 11.7 Å². The number of ether oxygens (including phenoxy) is 2. The molecule has 3 rings (SSSR count). The van der Waals surface area contributed by atoms with Gasteiger partial charge in [0.25, 0.3) is 5.91 Å². The number of urea groups is 1. The fourth-order valence-corrected chi connectivity index (χ4v) is 4.38. The quantitative estimate of drug-likeness (QED) is 0.626. The maximum absolute atomic E-state index is 13.4. The standard InChI is InChI=1S/C28H40N4O4/c1-6-14-29-28(34)30-23-12-13-24-25(15-23)36-19-21(3)32(17-22-10-8-7-9-11-22)16-20(2)26(35-5)18-31(4)27(24)33/h7-13,15,20-21,26H,6,14,16-19H2,1-5H3,(H2,29,30,34)/t20-,21-,26+/m0/s1. The van der Waals surface area contributed by atoms with Gasteiger partial charge < -0.3 is 25.0 Å². The Morgan fingerprint density at radius 2 is 1.89 bits per heavy atom. The Balaban J connectivity index is 1.90. The maximum Gasteiger partial charge on any atom is 0.319 e. The average Bonchev–Trinajstić information content (AvgIpc) is 2.88. The van der Waals surface area contributed by atoms with Crippen LogP contribution in [0.1, 0.15) is 43.1 Å². The molecule has 2 aromatic rings. The molecular formula is C28H40N4O4. The van der Waals surface area contributed by atoms with E-state index < -0.39 is 0 Å². The molecule has 0 aliphatic carbocycles. The summed E-state index contributed by atoms with van der Waals surface area (Å²) in [4.78, 5) is 29.6. The molecule has 0 spiro atoms. The third-order valence-corrected chi connectivity index (χ3v) is 6.60. The van der Waals surface area contributed by atoms with Gasteiger partial charge in [-0.05, 0) is 37.0 Å². The summed E-state index contributed by atoms with van der Waals surface area (Å²) in [6.07, 6.45) is 0.733. The van der Waals surface area contributed by atoms with Crippen molar-refractivity contribution >= 4 is 17.6 Å². The van der Waals surface area contributed by atoms with Gasteiger partial charge in [-0.2, -0.15) is 0 Å². The summed E-state index contributed by atoms with van der Waals surface area (Å²) >= 11 is 0. The first-order valence-electron chi connectivity index (χ1n) is 12.7. The van der Waals surface area contributed by atoms with Gasteiger partial charge in [0.15, 0.2) is 0 Å². The molecule has 0 aromatic heterocycles. The highest BCUT2D eigenvalue weighted by Gasteiger charge is 2.28. The zero-order chi connectivity index (χ0) is 26.1. The van der Waals surface area contributed by atoms with Crippen LogP contribution in [0.2, 0.25) is 0 Å². The number of likely N-dealkylation sites (N-methyl/N-ethyl adjacent to an activating group) is 1. The molecule has 0 unspecified atom stereocenters. The molecule has 0 saturated heterocycles. The number of hydrogen-bond acceptors (Lipinski definition) is 5. The van der Waals surface area contributed by atoms with Gasteiger partial charge in [-0.15, -0.1) is 0 Å². The van der Waals surface area contributed by atoms with Crippen LogP contribution in [-0.2, 0) is 11.3 Å². The lowest BCUT2D eigenvalue weighted by atomic mass is 10.0. The molecule has 1 aliphatic heterocycles. The predicted octanol–water partition coefficient (Wildman–Crippen LogP) is 4.22. The smallest absolute Gasteiger partial charge is 0.319 e. The van der Waals surface area contributed by atoms with Gasteiger partial charge >= 0.3 is 6.03 Å². The highest BCUT2D eigenvalue weighted by Crippen LogP contribution is 2.27. The lowest BCUT2D eigenvalue weighted by molar-refractivity contribution is 0.00922. The van der Waals surface area contributed by atoms with Crippen molar-refractivity contribution in [1.82, 2.24) is 15.1 Å². The van der Waals surface area contributed by atoms with Gasteiger partial charge in [-0.3, -0.25) is 9.69 Å². The zero-order valence-electron chi connectivity index (χ0n) is 22.1. The van der Waals surface area contributed by atoms with Gasteiger partial charge in [0, 0.05) is 58.1 Å². The molecule has 2 aromatic carbocycles. The van der Waals surface area contributed by atoms with Gasteiger partial charge in [-0.25, -0.2) is 4.79 Å². The fourth-order valence-electron chi connectivity index (χ4n) is 4.38. The maximum atomic E-state index is 13.4. The second kappa shape index (κ2) is 13.3. The van der Waals surface area contributed by atoms with Crippen molar-refractivity contribution in [3.8, 4) is 5.75 Å². The second-order valence-corrected chi connectivity index (χ2v) is 9.60. The summed E-state index contributed by atoms with van der Waals surface area (Å²) in [5.74, 6) is 0.508. The third kappa shape index (κ3) is 7.45. The lowest BCUT2D eigenvalue weighted by Crippen LogP contribution is -2.46. The molecule has 0 fully saturated rings. The molecule has 36 heavy (non-hydrogen) atoms. The Hall–Kier alpha value is -3.10. The topological polar surface area (TPSA) is 83.1 Å². The number of rotatable bonds is 6. The van der Waals surface area contributed by atoms with Crippen LogP contribution < -0.4 is 15.4 Å². The zero-order valence-corrected chi connectivity index (χ0v) is 22.1. The largest absolute Gasteiger partial charge is 0.491 e. The van der Waals surface area contributed by atoms with Crippen molar-refractivity contribution in [2.45, 2.75) is 45.9 Å². The number of methoxy groups -OCH3 is 1. The number of hydrogen-bond donors (Lipinski definition) is 2. The van der Waals surface area contributed by atoms with Crippen molar-refractivity contribution < 1.29 is 19.1 Å². The van der Waals surface area contributed by atoms with E-state index in [1.54, 1.807) is 37.3 Å². The number of carbonyl (C=O) groups excluding carboxylic acids is 2. The molecule has 0 bridgehead atoms. The first-order chi connectivity index (χ1) is 17.3. The molecule has 1 heterocycles. The molecule has 0 saturated carbocycles. The molecule has 8 nitrogen and oxygen atoms in total. The number of carbonyl (C=O) groups is 2. The molecule has 1 aliphatic rings. The molecule has 2 N–H and O–H groups in total. The summed E-state index contributed by atoms with van der Waals surface area (Å²) in [6.45, 7) is 9.32. The third-order valence-electron chi connectivity index (χ3n) is 6.60. The van der Waals surface area contributed by atoms with Crippen molar-refractivity contribution in [2.75, 3.05) is 45.7 Å². The molecule has 0 radical (unpaired) electrons. The minimum absolute atomic E-state index is 0.0785. The number of anilines is 1. The summed E-state index contributed by atoms with van der Waals surface area (Å²) in [5, 5.41) is 5.63. The van der Waals surface area contributed by atoms with E-state index in [2.05, 4.69) is 53.6 Å². The van der Waals surface area contributed by atoms with Gasteiger partial charge in [0.1, 0.15) is 12.4 Å². The van der Waals surface area contributed by atoms with Crippen LogP contribution in [0.5, 0.6) is 5.75 Å². The molecule has 196 valence electrons. The summed E-state index contributed by atoms with van der Waals surface area (Å²) in [7, 11) is 3.49. The predicted molar refractivity (Wildman–Crippen MR) is 142 cm³/mol. The number of amides is 3. The SMILES string of the molecule is CCCNC(=O)Nc1ccc2c(c1)OC[C@H](C)N(Cc1ccccc1)C[C@H](C)[C@H](OC)CN(C)C2=O. The van der Waals surface area contributed by atoms with Crippen molar-refractivity contribution in [1.29, 1.82) is 0 Å². The minimum atomic E-state index is -0.285. The van der Waals surface area contributed by atoms with Crippen molar-refractivity contribution in [3.05, 3.63) is 59.7 Å². The summed E-state index contributed by atoms with van der Waals surface area (Å²) in [6, 6.07) is 15.4. The molecule has 3 atom stereocenters. The highest BCUT2D eigenvalue weighted by atomic mass is 16.5. The van der Waals surface area contributed by atoms with Crippen LogP contribution >= 0.6 is 0 Å². The van der Waals surface area contributed by atoms with E-state index in [4.69, 9.17) is 9.47 Å². The lowest BCUT2D eigenvalue weighted by Gasteiger charge is -2.36. The van der Waals surface area contributed by atoms with E-state index in [-0.39, 0.29) is 30.0 Å².